The SMILES string of the molecule is CCCCCCC/C=C\C/C=C\C/C=C\CCCCCCCCCCCCCCCCCCCCCCC(=O)NC(CO)C(O)CCCCCCCCCCCCCCCCCCCC. The van der Waals surface area contributed by atoms with Crippen LogP contribution in [-0.2, 0) is 4.79 Å². The molecule has 65 heavy (non-hydrogen) atoms. The number of carbonyl (C=O) groups is 1. The highest BCUT2D eigenvalue weighted by atomic mass is 16.3. The molecule has 0 aromatic heterocycles. The number of nitrogens with one attached hydrogen (secondary N) is 1. The predicted molar refractivity (Wildman–Crippen MR) is 290 cm³/mol. The highest BCUT2D eigenvalue weighted by Gasteiger charge is 2.20. The first-order chi connectivity index (χ1) is 32.2. The minimum Gasteiger partial charge on any atom is -0.394 e. The molecule has 4 heteroatoms. The number of aliphatic hydroxyl groups is 2. The number of hydrogen-bond acceptors (Lipinski definition) is 3. The number of aliphatic hydroxyl groups excluding tert-OH is 2. The summed E-state index contributed by atoms with van der Waals surface area (Å²) in [4.78, 5) is 12.5. The second-order valence-electron chi connectivity index (χ2n) is 20.4. The fourth-order valence-corrected chi connectivity index (χ4v) is 9.37. The van der Waals surface area contributed by atoms with Gasteiger partial charge >= 0.3 is 0 Å². The number of rotatable bonds is 55. The predicted octanol–water partition coefficient (Wildman–Crippen LogP) is 19.6. The first kappa shape index (κ1) is 63.6. The third kappa shape index (κ3) is 53.4. The summed E-state index contributed by atoms with van der Waals surface area (Å²) in [6.45, 7) is 4.38. The van der Waals surface area contributed by atoms with Crippen LogP contribution < -0.4 is 5.32 Å². The Labute approximate surface area is 408 Å². The number of amides is 1. The lowest BCUT2D eigenvalue weighted by molar-refractivity contribution is -0.123. The van der Waals surface area contributed by atoms with Gasteiger partial charge in [-0.05, 0) is 51.4 Å². The molecule has 0 aliphatic rings. The Balaban J connectivity index is 3.41. The van der Waals surface area contributed by atoms with Crippen molar-refractivity contribution in [3.63, 3.8) is 0 Å². The van der Waals surface area contributed by atoms with Crippen molar-refractivity contribution in [2.45, 2.75) is 341 Å². The topological polar surface area (TPSA) is 69.6 Å². The van der Waals surface area contributed by atoms with E-state index >= 15 is 0 Å². The average molecular weight is 913 g/mol. The molecular weight excluding hydrogens is 795 g/mol. The summed E-state index contributed by atoms with van der Waals surface area (Å²) in [6, 6.07) is -0.535. The van der Waals surface area contributed by atoms with Gasteiger partial charge in [-0.3, -0.25) is 4.79 Å². The van der Waals surface area contributed by atoms with Crippen LogP contribution in [0, 0.1) is 0 Å². The molecule has 2 atom stereocenters. The van der Waals surface area contributed by atoms with E-state index in [-0.39, 0.29) is 12.5 Å². The van der Waals surface area contributed by atoms with E-state index in [9.17, 15) is 15.0 Å². The fourth-order valence-electron chi connectivity index (χ4n) is 9.37. The summed E-state index contributed by atoms with van der Waals surface area (Å²) in [5.41, 5.74) is 0. The normalized spacial score (nSPS) is 13.0. The van der Waals surface area contributed by atoms with E-state index in [1.807, 2.05) is 0 Å². The maximum absolute atomic E-state index is 12.5. The number of carbonyl (C=O) groups excluding carboxylic acids is 1. The van der Waals surface area contributed by atoms with Crippen molar-refractivity contribution in [1.29, 1.82) is 0 Å². The summed E-state index contributed by atoms with van der Waals surface area (Å²) in [7, 11) is 0. The van der Waals surface area contributed by atoms with Crippen LogP contribution in [0.1, 0.15) is 328 Å². The Hall–Kier alpha value is -1.39. The van der Waals surface area contributed by atoms with E-state index in [1.165, 1.54) is 263 Å². The first-order valence-corrected chi connectivity index (χ1v) is 29.7. The van der Waals surface area contributed by atoms with Crippen LogP contribution in [0.25, 0.3) is 0 Å². The van der Waals surface area contributed by atoms with Crippen molar-refractivity contribution in [3.05, 3.63) is 36.5 Å². The molecule has 0 saturated carbocycles. The molecule has 0 aromatic carbocycles. The summed E-state index contributed by atoms with van der Waals surface area (Å²) in [6.07, 6.45) is 77.2. The van der Waals surface area contributed by atoms with Crippen LogP contribution in [0.3, 0.4) is 0 Å². The first-order valence-electron chi connectivity index (χ1n) is 29.7. The van der Waals surface area contributed by atoms with Crippen molar-refractivity contribution in [3.8, 4) is 0 Å². The molecule has 2 unspecified atom stereocenters. The third-order valence-corrected chi connectivity index (χ3v) is 13.9. The van der Waals surface area contributed by atoms with Crippen LogP contribution in [0.2, 0.25) is 0 Å². The Morgan fingerprint density at radius 2 is 0.631 bits per heavy atom. The third-order valence-electron chi connectivity index (χ3n) is 13.9. The lowest BCUT2D eigenvalue weighted by Crippen LogP contribution is -2.45. The molecule has 0 aliphatic heterocycles. The van der Waals surface area contributed by atoms with Gasteiger partial charge < -0.3 is 15.5 Å². The van der Waals surface area contributed by atoms with Gasteiger partial charge in [0.25, 0.3) is 0 Å². The van der Waals surface area contributed by atoms with Crippen molar-refractivity contribution in [2.24, 2.45) is 0 Å². The smallest absolute Gasteiger partial charge is 0.220 e. The van der Waals surface area contributed by atoms with Gasteiger partial charge in [-0.1, -0.05) is 307 Å². The lowest BCUT2D eigenvalue weighted by Gasteiger charge is -2.22. The maximum atomic E-state index is 12.5. The quantitative estimate of drug-likeness (QED) is 0.0421. The molecule has 1 amide bonds. The molecule has 384 valence electrons. The maximum Gasteiger partial charge on any atom is 0.220 e. The summed E-state index contributed by atoms with van der Waals surface area (Å²) >= 11 is 0. The van der Waals surface area contributed by atoms with Crippen molar-refractivity contribution >= 4 is 5.91 Å². The second-order valence-corrected chi connectivity index (χ2v) is 20.4. The van der Waals surface area contributed by atoms with Crippen LogP contribution >= 0.6 is 0 Å². The van der Waals surface area contributed by atoms with E-state index < -0.39 is 12.1 Å². The van der Waals surface area contributed by atoms with Crippen molar-refractivity contribution < 1.29 is 15.0 Å². The summed E-state index contributed by atoms with van der Waals surface area (Å²) in [5.74, 6) is -0.0254. The molecule has 0 bridgehead atoms. The monoisotopic (exact) mass is 912 g/mol. The molecule has 0 rings (SSSR count). The summed E-state index contributed by atoms with van der Waals surface area (Å²) < 4.78 is 0. The Morgan fingerprint density at radius 1 is 0.369 bits per heavy atom. The zero-order chi connectivity index (χ0) is 47.0. The zero-order valence-electron chi connectivity index (χ0n) is 44.3. The van der Waals surface area contributed by atoms with Gasteiger partial charge in [-0.15, -0.1) is 0 Å². The minimum atomic E-state index is -0.658. The minimum absolute atomic E-state index is 0.0254. The van der Waals surface area contributed by atoms with E-state index in [1.54, 1.807) is 0 Å². The molecule has 0 fully saturated rings. The van der Waals surface area contributed by atoms with Gasteiger partial charge in [0.2, 0.25) is 5.91 Å². The largest absolute Gasteiger partial charge is 0.394 e. The standard InChI is InChI=1S/C61H117NO3/c1-3-5-7-9-11-13-15-17-19-21-23-24-25-26-27-28-29-30-31-32-33-34-35-36-37-38-39-41-43-45-47-49-51-53-55-57-61(65)62-59(58-63)60(64)56-54-52-50-48-46-44-42-40-22-20-18-16-14-12-10-8-6-4-2/h15,17,21,23,25-26,59-60,63-64H,3-14,16,18-20,22,24,27-58H2,1-2H3,(H,62,65)/b17-15-,23-21-,26-25-. The lowest BCUT2D eigenvalue weighted by atomic mass is 10.0. The highest BCUT2D eigenvalue weighted by molar-refractivity contribution is 5.76. The molecule has 3 N–H and O–H groups in total. The molecule has 0 heterocycles. The Morgan fingerprint density at radius 3 is 0.938 bits per heavy atom. The number of unbranched alkanes of at least 4 members (excludes halogenated alkanes) is 42. The molecule has 4 nitrogen and oxygen atoms in total. The van der Waals surface area contributed by atoms with Gasteiger partial charge in [-0.2, -0.15) is 0 Å². The summed E-state index contributed by atoms with van der Waals surface area (Å²) in [5, 5.41) is 23.3. The highest BCUT2D eigenvalue weighted by Crippen LogP contribution is 2.18. The number of allylic oxidation sites excluding steroid dienone is 6. The van der Waals surface area contributed by atoms with Crippen LogP contribution in [0.5, 0.6) is 0 Å². The molecule has 0 spiro atoms. The van der Waals surface area contributed by atoms with Crippen molar-refractivity contribution in [2.75, 3.05) is 6.61 Å². The van der Waals surface area contributed by atoms with Gasteiger partial charge in [-0.25, -0.2) is 0 Å². The zero-order valence-corrected chi connectivity index (χ0v) is 44.3. The molecule has 0 saturated heterocycles. The number of hydrogen-bond donors (Lipinski definition) is 3. The van der Waals surface area contributed by atoms with Crippen molar-refractivity contribution in [1.82, 2.24) is 5.32 Å². The van der Waals surface area contributed by atoms with Gasteiger partial charge in [0.05, 0.1) is 18.8 Å². The van der Waals surface area contributed by atoms with E-state index in [0.717, 1.165) is 38.5 Å². The van der Waals surface area contributed by atoms with Gasteiger partial charge in [0.15, 0.2) is 0 Å². The van der Waals surface area contributed by atoms with Gasteiger partial charge in [0, 0.05) is 6.42 Å². The fraction of sp³-hybridized carbons (Fsp3) is 0.885. The van der Waals surface area contributed by atoms with E-state index in [2.05, 4.69) is 55.6 Å². The average Bonchev–Trinajstić information content (AvgIpc) is 3.31. The van der Waals surface area contributed by atoms with Gasteiger partial charge in [0.1, 0.15) is 0 Å². The molecule has 0 aromatic rings. The van der Waals surface area contributed by atoms with Crippen LogP contribution in [0.4, 0.5) is 0 Å². The Bertz CT molecular complexity index is 989. The van der Waals surface area contributed by atoms with E-state index in [0.29, 0.717) is 12.8 Å². The molecular formula is C61H117NO3. The molecule has 0 aliphatic carbocycles. The van der Waals surface area contributed by atoms with E-state index in [4.69, 9.17) is 0 Å². The Kier molecular flexibility index (Phi) is 55.7. The van der Waals surface area contributed by atoms with Crippen LogP contribution in [0.15, 0.2) is 36.5 Å². The molecule has 0 radical (unpaired) electrons. The second kappa shape index (κ2) is 56.9. The van der Waals surface area contributed by atoms with Crippen LogP contribution in [-0.4, -0.2) is 34.9 Å².